The van der Waals surface area contributed by atoms with Crippen LogP contribution in [0.1, 0.15) is 26.7 Å². The topological polar surface area (TPSA) is 84.5 Å². The third-order valence-corrected chi connectivity index (χ3v) is 1.68. The molecule has 16 heavy (non-hydrogen) atoms. The Labute approximate surface area is 94.7 Å². The van der Waals surface area contributed by atoms with E-state index in [1.807, 2.05) is 0 Å². The van der Waals surface area contributed by atoms with E-state index in [4.69, 9.17) is 0 Å². The Morgan fingerprint density at radius 2 is 1.69 bits per heavy atom. The first-order valence-corrected chi connectivity index (χ1v) is 5.23. The van der Waals surface area contributed by atoms with Gasteiger partial charge in [-0.25, -0.2) is 0 Å². The number of carbonyl (C=O) groups is 3. The zero-order chi connectivity index (χ0) is 12.4. The van der Waals surface area contributed by atoms with Crippen LogP contribution in [0, 0.1) is 0 Å². The molecule has 0 aromatic heterocycles. The van der Waals surface area contributed by atoms with E-state index in [0.717, 1.165) is 0 Å². The van der Waals surface area contributed by atoms with Gasteiger partial charge in [0, 0.05) is 26.4 Å². The minimum absolute atomic E-state index is 0.166. The first kappa shape index (κ1) is 14.4. The molecule has 0 bridgehead atoms. The molecular weight excluding hydrogens is 212 g/mol. The Bertz CT molecular complexity index is 253. The molecule has 0 heterocycles. The van der Waals surface area contributed by atoms with Gasteiger partial charge in [-0.1, -0.05) is 0 Å². The molecule has 0 fully saturated rings. The fraction of sp³-hybridized carbons (Fsp3) is 0.700. The molecule has 0 radical (unpaired) electrons. The van der Waals surface area contributed by atoms with Crippen molar-refractivity contribution in [1.29, 1.82) is 0 Å². The van der Waals surface area contributed by atoms with E-state index in [9.17, 15) is 14.4 Å². The van der Waals surface area contributed by atoms with E-state index in [1.54, 1.807) is 6.92 Å². The monoisotopic (exact) mass is 230 g/mol. The normalized spacial score (nSPS) is 9.38. The summed E-state index contributed by atoms with van der Waals surface area (Å²) >= 11 is 0. The number of amides is 2. The van der Waals surface area contributed by atoms with Crippen molar-refractivity contribution in [3.63, 3.8) is 0 Å². The molecule has 0 spiro atoms. The molecule has 0 saturated carbocycles. The summed E-state index contributed by atoms with van der Waals surface area (Å²) in [4.78, 5) is 32.5. The van der Waals surface area contributed by atoms with Crippen molar-refractivity contribution in [3.8, 4) is 0 Å². The quantitative estimate of drug-likeness (QED) is 0.582. The van der Waals surface area contributed by atoms with Crippen molar-refractivity contribution in [2.75, 3.05) is 19.7 Å². The Kier molecular flexibility index (Phi) is 7.83. The van der Waals surface area contributed by atoms with Crippen LogP contribution < -0.4 is 10.6 Å². The van der Waals surface area contributed by atoms with Crippen molar-refractivity contribution in [3.05, 3.63) is 0 Å². The number of esters is 1. The molecule has 6 nitrogen and oxygen atoms in total. The minimum Gasteiger partial charge on any atom is -0.466 e. The largest absolute Gasteiger partial charge is 0.466 e. The van der Waals surface area contributed by atoms with Crippen molar-refractivity contribution in [1.82, 2.24) is 10.6 Å². The number of rotatable bonds is 7. The van der Waals surface area contributed by atoms with Gasteiger partial charge in [0.1, 0.15) is 0 Å². The predicted octanol–water partition coefficient (Wildman–Crippen LogP) is -0.418. The van der Waals surface area contributed by atoms with E-state index in [1.165, 1.54) is 6.92 Å². The van der Waals surface area contributed by atoms with Gasteiger partial charge in [-0.05, 0) is 6.92 Å². The standard InChI is InChI=1S/C10H18N2O4/c1-3-16-10(15)5-7-12-9(14)4-6-11-8(2)13/h3-7H2,1-2H3,(H,11,13)(H,12,14). The first-order chi connectivity index (χ1) is 7.56. The molecule has 0 aliphatic carbocycles. The molecule has 0 aromatic rings. The Hall–Kier alpha value is -1.59. The first-order valence-electron chi connectivity index (χ1n) is 5.23. The number of nitrogens with one attached hydrogen (secondary N) is 2. The highest BCUT2D eigenvalue weighted by Gasteiger charge is 2.04. The third-order valence-electron chi connectivity index (χ3n) is 1.68. The Morgan fingerprint density at radius 1 is 1.06 bits per heavy atom. The van der Waals surface area contributed by atoms with E-state index in [0.29, 0.717) is 13.2 Å². The van der Waals surface area contributed by atoms with Gasteiger partial charge in [-0.2, -0.15) is 0 Å². The predicted molar refractivity (Wildman–Crippen MR) is 57.6 cm³/mol. The fourth-order valence-corrected chi connectivity index (χ4v) is 0.978. The van der Waals surface area contributed by atoms with Crippen LogP contribution in [-0.4, -0.2) is 37.5 Å². The van der Waals surface area contributed by atoms with Crippen LogP contribution >= 0.6 is 0 Å². The minimum atomic E-state index is -0.329. The van der Waals surface area contributed by atoms with Crippen molar-refractivity contribution in [2.45, 2.75) is 26.7 Å². The summed E-state index contributed by atoms with van der Waals surface area (Å²) < 4.78 is 4.69. The summed E-state index contributed by atoms with van der Waals surface area (Å²) in [6.07, 6.45) is 0.377. The van der Waals surface area contributed by atoms with Gasteiger partial charge in [0.15, 0.2) is 0 Å². The molecule has 0 aromatic carbocycles. The van der Waals surface area contributed by atoms with Gasteiger partial charge in [0.05, 0.1) is 13.0 Å². The third kappa shape index (κ3) is 8.98. The van der Waals surface area contributed by atoms with E-state index < -0.39 is 0 Å². The molecule has 6 heteroatoms. The second kappa shape index (κ2) is 8.70. The second-order valence-electron chi connectivity index (χ2n) is 3.14. The summed E-state index contributed by atoms with van der Waals surface area (Å²) in [5.41, 5.74) is 0. The highest BCUT2D eigenvalue weighted by Crippen LogP contribution is 1.85. The molecule has 92 valence electrons. The lowest BCUT2D eigenvalue weighted by atomic mass is 10.3. The Morgan fingerprint density at radius 3 is 2.25 bits per heavy atom. The molecular formula is C10H18N2O4. The molecule has 2 N–H and O–H groups in total. The van der Waals surface area contributed by atoms with Crippen LogP contribution in [-0.2, 0) is 19.1 Å². The van der Waals surface area contributed by atoms with Crippen LogP contribution in [0.15, 0.2) is 0 Å². The SMILES string of the molecule is CCOC(=O)CCNC(=O)CCNC(C)=O. The van der Waals surface area contributed by atoms with Crippen LogP contribution in [0.25, 0.3) is 0 Å². The van der Waals surface area contributed by atoms with Gasteiger partial charge in [0.25, 0.3) is 0 Å². The Balaban J connectivity index is 3.43. The van der Waals surface area contributed by atoms with Gasteiger partial charge in [-0.3, -0.25) is 14.4 Å². The lowest BCUT2D eigenvalue weighted by molar-refractivity contribution is -0.143. The number of carbonyl (C=O) groups excluding carboxylic acids is 3. The second-order valence-corrected chi connectivity index (χ2v) is 3.14. The van der Waals surface area contributed by atoms with Gasteiger partial charge in [-0.15, -0.1) is 0 Å². The molecule has 2 amide bonds. The highest BCUT2D eigenvalue weighted by atomic mass is 16.5. The van der Waals surface area contributed by atoms with Crippen LogP contribution in [0.2, 0.25) is 0 Å². The van der Waals surface area contributed by atoms with Crippen molar-refractivity contribution in [2.24, 2.45) is 0 Å². The van der Waals surface area contributed by atoms with E-state index in [2.05, 4.69) is 15.4 Å². The van der Waals surface area contributed by atoms with Gasteiger partial charge in [0.2, 0.25) is 11.8 Å². The fourth-order valence-electron chi connectivity index (χ4n) is 0.978. The molecule has 0 atom stereocenters. The number of hydrogen-bond donors (Lipinski definition) is 2. The summed E-state index contributed by atoms with van der Waals surface area (Å²) in [5.74, 6) is -0.693. The molecule has 0 rings (SSSR count). The van der Waals surface area contributed by atoms with Gasteiger partial charge < -0.3 is 15.4 Å². The smallest absolute Gasteiger partial charge is 0.307 e. The van der Waals surface area contributed by atoms with Crippen LogP contribution in [0.4, 0.5) is 0 Å². The van der Waals surface area contributed by atoms with Crippen molar-refractivity contribution >= 4 is 17.8 Å². The molecule has 0 aliphatic heterocycles. The summed E-state index contributed by atoms with van der Waals surface area (Å²) in [5, 5.41) is 5.06. The van der Waals surface area contributed by atoms with Crippen LogP contribution in [0.3, 0.4) is 0 Å². The van der Waals surface area contributed by atoms with Crippen molar-refractivity contribution < 1.29 is 19.1 Å². The summed E-state index contributed by atoms with van der Waals surface area (Å²) in [6, 6.07) is 0. The lowest BCUT2D eigenvalue weighted by Gasteiger charge is -2.05. The van der Waals surface area contributed by atoms with E-state index >= 15 is 0 Å². The number of ether oxygens (including phenoxy) is 1. The van der Waals surface area contributed by atoms with E-state index in [-0.39, 0.29) is 37.2 Å². The maximum Gasteiger partial charge on any atom is 0.307 e. The summed E-state index contributed by atoms with van der Waals surface area (Å²) in [6.45, 7) is 4.02. The number of hydrogen-bond acceptors (Lipinski definition) is 4. The maximum atomic E-state index is 11.1. The zero-order valence-corrected chi connectivity index (χ0v) is 9.67. The van der Waals surface area contributed by atoms with Crippen LogP contribution in [0.5, 0.6) is 0 Å². The highest BCUT2D eigenvalue weighted by molar-refractivity contribution is 5.78. The van der Waals surface area contributed by atoms with Gasteiger partial charge >= 0.3 is 5.97 Å². The zero-order valence-electron chi connectivity index (χ0n) is 9.67. The molecule has 0 saturated heterocycles. The molecule has 0 aliphatic rings. The lowest BCUT2D eigenvalue weighted by Crippen LogP contribution is -2.30. The summed E-state index contributed by atoms with van der Waals surface area (Å²) in [7, 11) is 0. The average Bonchev–Trinajstić information content (AvgIpc) is 2.17. The molecule has 0 unspecified atom stereocenters. The average molecular weight is 230 g/mol. The maximum absolute atomic E-state index is 11.1.